The van der Waals surface area contributed by atoms with Crippen molar-refractivity contribution >= 4 is 5.91 Å². The zero-order valence-corrected chi connectivity index (χ0v) is 8.88. The van der Waals surface area contributed by atoms with Gasteiger partial charge >= 0.3 is 0 Å². The maximum absolute atomic E-state index is 11.5. The standard InChI is InChI=1S/C9H19N3O2/c1-10-3-4-12-5-6-14-7-8(12)9(13)11-2/h8,10H,3-7H2,1-2H3,(H,11,13). The molecule has 1 atom stereocenters. The largest absolute Gasteiger partial charge is 0.378 e. The van der Waals surface area contributed by atoms with Gasteiger partial charge in [-0.15, -0.1) is 0 Å². The van der Waals surface area contributed by atoms with E-state index in [1.165, 1.54) is 0 Å². The van der Waals surface area contributed by atoms with Crippen molar-refractivity contribution in [2.75, 3.05) is 46.9 Å². The highest BCUT2D eigenvalue weighted by molar-refractivity contribution is 5.81. The van der Waals surface area contributed by atoms with Crippen LogP contribution in [0.4, 0.5) is 0 Å². The average Bonchev–Trinajstić information content (AvgIpc) is 2.25. The number of nitrogens with one attached hydrogen (secondary N) is 2. The first kappa shape index (κ1) is 11.4. The smallest absolute Gasteiger partial charge is 0.239 e. The molecule has 1 rings (SSSR count). The first-order chi connectivity index (χ1) is 6.79. The summed E-state index contributed by atoms with van der Waals surface area (Å²) in [5.74, 6) is 0.0424. The predicted octanol–water partition coefficient (Wildman–Crippen LogP) is -1.35. The second kappa shape index (κ2) is 5.95. The van der Waals surface area contributed by atoms with Crippen LogP contribution >= 0.6 is 0 Å². The summed E-state index contributed by atoms with van der Waals surface area (Å²) in [6.45, 7) is 3.84. The van der Waals surface area contributed by atoms with Crippen LogP contribution in [-0.4, -0.2) is 63.8 Å². The molecule has 0 bridgehead atoms. The summed E-state index contributed by atoms with van der Waals surface area (Å²) in [6, 6.07) is -0.123. The summed E-state index contributed by atoms with van der Waals surface area (Å²) < 4.78 is 5.29. The van der Waals surface area contributed by atoms with Gasteiger partial charge in [-0.25, -0.2) is 0 Å². The van der Waals surface area contributed by atoms with Crippen LogP contribution in [-0.2, 0) is 9.53 Å². The zero-order chi connectivity index (χ0) is 10.4. The SMILES string of the molecule is CNCCN1CCOCC1C(=O)NC. The molecule has 5 heteroatoms. The fourth-order valence-electron chi connectivity index (χ4n) is 1.57. The molecule has 1 amide bonds. The van der Waals surface area contributed by atoms with Gasteiger partial charge in [0, 0.05) is 26.7 Å². The van der Waals surface area contributed by atoms with Crippen LogP contribution in [0.1, 0.15) is 0 Å². The van der Waals surface area contributed by atoms with Crippen molar-refractivity contribution in [1.29, 1.82) is 0 Å². The Labute approximate surface area is 84.8 Å². The Kier molecular flexibility index (Phi) is 4.86. The molecule has 0 saturated carbocycles. The second-order valence-corrected chi connectivity index (χ2v) is 3.34. The summed E-state index contributed by atoms with van der Waals surface area (Å²) in [5, 5.41) is 5.74. The first-order valence-electron chi connectivity index (χ1n) is 4.97. The van der Waals surface area contributed by atoms with E-state index < -0.39 is 0 Å². The van der Waals surface area contributed by atoms with Gasteiger partial charge in [0.25, 0.3) is 0 Å². The Bertz CT molecular complexity index is 187. The van der Waals surface area contributed by atoms with Gasteiger partial charge < -0.3 is 15.4 Å². The maximum Gasteiger partial charge on any atom is 0.239 e. The number of morpholine rings is 1. The van der Waals surface area contributed by atoms with Crippen molar-refractivity contribution < 1.29 is 9.53 Å². The normalized spacial score (nSPS) is 23.4. The molecule has 1 aliphatic rings. The summed E-state index contributed by atoms with van der Waals surface area (Å²) in [6.07, 6.45) is 0. The number of hydrogen-bond acceptors (Lipinski definition) is 4. The summed E-state index contributed by atoms with van der Waals surface area (Å²) in [7, 11) is 3.57. The average molecular weight is 201 g/mol. The molecule has 1 heterocycles. The summed E-state index contributed by atoms with van der Waals surface area (Å²) >= 11 is 0. The number of carbonyl (C=O) groups is 1. The molecular weight excluding hydrogens is 182 g/mol. The Morgan fingerprint density at radius 3 is 3.00 bits per heavy atom. The molecule has 0 radical (unpaired) electrons. The van der Waals surface area contributed by atoms with E-state index >= 15 is 0 Å². The molecule has 1 saturated heterocycles. The van der Waals surface area contributed by atoms with Crippen LogP contribution in [0.2, 0.25) is 0 Å². The molecule has 0 aliphatic carbocycles. The van der Waals surface area contributed by atoms with Gasteiger partial charge in [-0.05, 0) is 7.05 Å². The topological polar surface area (TPSA) is 53.6 Å². The fraction of sp³-hybridized carbons (Fsp3) is 0.889. The zero-order valence-electron chi connectivity index (χ0n) is 8.88. The maximum atomic E-state index is 11.5. The number of carbonyl (C=O) groups excluding carboxylic acids is 1. The predicted molar refractivity (Wildman–Crippen MR) is 54.2 cm³/mol. The van der Waals surface area contributed by atoms with Gasteiger partial charge in [-0.3, -0.25) is 9.69 Å². The first-order valence-corrected chi connectivity index (χ1v) is 4.97. The quantitative estimate of drug-likeness (QED) is 0.591. The van der Waals surface area contributed by atoms with E-state index in [0.717, 1.165) is 26.2 Å². The number of nitrogens with zero attached hydrogens (tertiary/aromatic N) is 1. The number of likely N-dealkylation sites (N-methyl/N-ethyl adjacent to an activating group) is 2. The van der Waals surface area contributed by atoms with E-state index in [4.69, 9.17) is 4.74 Å². The van der Waals surface area contributed by atoms with Gasteiger partial charge in [0.2, 0.25) is 5.91 Å². The van der Waals surface area contributed by atoms with E-state index in [9.17, 15) is 4.79 Å². The molecule has 0 aromatic rings. The molecule has 2 N–H and O–H groups in total. The van der Waals surface area contributed by atoms with Gasteiger partial charge in [0.05, 0.1) is 13.2 Å². The Morgan fingerprint density at radius 1 is 1.57 bits per heavy atom. The van der Waals surface area contributed by atoms with Crippen LogP contribution in [0.25, 0.3) is 0 Å². The van der Waals surface area contributed by atoms with E-state index in [1.54, 1.807) is 7.05 Å². The van der Waals surface area contributed by atoms with Crippen LogP contribution in [0.15, 0.2) is 0 Å². The van der Waals surface area contributed by atoms with Crippen LogP contribution in [0, 0.1) is 0 Å². The van der Waals surface area contributed by atoms with E-state index in [1.807, 2.05) is 7.05 Å². The molecule has 1 aliphatic heterocycles. The van der Waals surface area contributed by atoms with Crippen molar-refractivity contribution in [3.05, 3.63) is 0 Å². The van der Waals surface area contributed by atoms with E-state index in [0.29, 0.717) is 6.61 Å². The number of rotatable bonds is 4. The van der Waals surface area contributed by atoms with Crippen LogP contribution < -0.4 is 10.6 Å². The van der Waals surface area contributed by atoms with E-state index in [2.05, 4.69) is 15.5 Å². The van der Waals surface area contributed by atoms with Crippen LogP contribution in [0.5, 0.6) is 0 Å². The molecule has 0 spiro atoms. The van der Waals surface area contributed by atoms with Crippen LogP contribution in [0.3, 0.4) is 0 Å². The summed E-state index contributed by atoms with van der Waals surface area (Å²) in [4.78, 5) is 13.6. The van der Waals surface area contributed by atoms with Crippen molar-refractivity contribution in [2.24, 2.45) is 0 Å². The van der Waals surface area contributed by atoms with E-state index in [-0.39, 0.29) is 11.9 Å². The minimum atomic E-state index is -0.123. The lowest BCUT2D eigenvalue weighted by Crippen LogP contribution is -2.54. The Balaban J connectivity index is 2.45. The monoisotopic (exact) mass is 201 g/mol. The molecule has 0 aromatic heterocycles. The third-order valence-corrected chi connectivity index (χ3v) is 2.44. The molecule has 1 fully saturated rings. The van der Waals surface area contributed by atoms with Gasteiger partial charge in [-0.1, -0.05) is 0 Å². The minimum Gasteiger partial charge on any atom is -0.378 e. The highest BCUT2D eigenvalue weighted by atomic mass is 16.5. The Hall–Kier alpha value is -0.650. The number of hydrogen-bond donors (Lipinski definition) is 2. The number of amides is 1. The van der Waals surface area contributed by atoms with Crippen molar-refractivity contribution in [3.63, 3.8) is 0 Å². The molecule has 14 heavy (non-hydrogen) atoms. The number of ether oxygens (including phenoxy) is 1. The molecule has 0 aromatic carbocycles. The molecule has 82 valence electrons. The second-order valence-electron chi connectivity index (χ2n) is 3.34. The molecule has 5 nitrogen and oxygen atoms in total. The Morgan fingerprint density at radius 2 is 2.36 bits per heavy atom. The minimum absolute atomic E-state index is 0.0424. The lowest BCUT2D eigenvalue weighted by molar-refractivity contribution is -0.131. The highest BCUT2D eigenvalue weighted by Crippen LogP contribution is 2.05. The fourth-order valence-corrected chi connectivity index (χ4v) is 1.57. The van der Waals surface area contributed by atoms with Crippen molar-refractivity contribution in [1.82, 2.24) is 15.5 Å². The van der Waals surface area contributed by atoms with Gasteiger partial charge in [-0.2, -0.15) is 0 Å². The van der Waals surface area contributed by atoms with Crippen molar-refractivity contribution in [3.8, 4) is 0 Å². The lowest BCUT2D eigenvalue weighted by atomic mass is 10.2. The van der Waals surface area contributed by atoms with Gasteiger partial charge in [0.1, 0.15) is 6.04 Å². The lowest BCUT2D eigenvalue weighted by Gasteiger charge is -2.34. The molecular formula is C9H19N3O2. The van der Waals surface area contributed by atoms with Gasteiger partial charge in [0.15, 0.2) is 0 Å². The molecule has 1 unspecified atom stereocenters. The third kappa shape index (κ3) is 2.94. The summed E-state index contributed by atoms with van der Waals surface area (Å²) in [5.41, 5.74) is 0. The third-order valence-electron chi connectivity index (χ3n) is 2.44. The highest BCUT2D eigenvalue weighted by Gasteiger charge is 2.27. The van der Waals surface area contributed by atoms with Crippen molar-refractivity contribution in [2.45, 2.75) is 6.04 Å².